The van der Waals surface area contributed by atoms with Gasteiger partial charge in [-0.2, -0.15) is 0 Å². The third-order valence-corrected chi connectivity index (χ3v) is 2.53. The van der Waals surface area contributed by atoms with Crippen molar-refractivity contribution >= 4 is 0 Å². The Bertz CT molecular complexity index is 375. The summed E-state index contributed by atoms with van der Waals surface area (Å²) in [6, 6.07) is 6.15. The molecule has 19 heavy (non-hydrogen) atoms. The van der Waals surface area contributed by atoms with Gasteiger partial charge in [-0.1, -0.05) is 33.8 Å². The normalized spacial score (nSPS) is 11.1. The minimum absolute atomic E-state index is 0.505. The monoisotopic (exact) mass is 265 g/mol. The van der Waals surface area contributed by atoms with Gasteiger partial charge in [0.15, 0.2) is 11.5 Å². The predicted octanol–water partition coefficient (Wildman–Crippen LogP) is 3.48. The maximum absolute atomic E-state index is 5.87. The molecular formula is C16H27NO2. The average molecular weight is 265 g/mol. The van der Waals surface area contributed by atoms with Crippen LogP contribution in [0.15, 0.2) is 18.2 Å². The van der Waals surface area contributed by atoms with E-state index in [1.54, 1.807) is 0 Å². The van der Waals surface area contributed by atoms with Gasteiger partial charge in [0.2, 0.25) is 0 Å². The van der Waals surface area contributed by atoms with E-state index in [9.17, 15) is 0 Å². The lowest BCUT2D eigenvalue weighted by Crippen LogP contribution is -2.10. The molecular weight excluding hydrogens is 238 g/mol. The minimum Gasteiger partial charge on any atom is -0.489 e. The lowest BCUT2D eigenvalue weighted by Gasteiger charge is -2.16. The maximum Gasteiger partial charge on any atom is 0.161 e. The fourth-order valence-corrected chi connectivity index (χ4v) is 1.61. The molecule has 0 spiro atoms. The molecule has 3 heteroatoms. The van der Waals surface area contributed by atoms with Crippen molar-refractivity contribution in [2.45, 2.75) is 34.2 Å². The van der Waals surface area contributed by atoms with Crippen LogP contribution in [0.5, 0.6) is 11.5 Å². The van der Waals surface area contributed by atoms with Crippen LogP contribution in [-0.2, 0) is 6.54 Å². The van der Waals surface area contributed by atoms with E-state index in [0.29, 0.717) is 25.0 Å². The second-order valence-electron chi connectivity index (χ2n) is 5.72. The molecule has 1 aromatic rings. The van der Waals surface area contributed by atoms with Crippen LogP contribution in [0.4, 0.5) is 0 Å². The van der Waals surface area contributed by atoms with Gasteiger partial charge < -0.3 is 14.8 Å². The van der Waals surface area contributed by atoms with Gasteiger partial charge >= 0.3 is 0 Å². The first-order valence-electron chi connectivity index (χ1n) is 7.06. The molecule has 0 radical (unpaired) electrons. The molecule has 0 amide bonds. The molecule has 0 aliphatic heterocycles. The highest BCUT2D eigenvalue weighted by atomic mass is 16.5. The molecule has 3 nitrogen and oxygen atoms in total. The molecule has 0 aromatic heterocycles. The van der Waals surface area contributed by atoms with Crippen molar-refractivity contribution in [1.29, 1.82) is 0 Å². The SMILES string of the molecule is CNCc1ccc(OCC(C)C)c(OCC(C)C)c1. The summed E-state index contributed by atoms with van der Waals surface area (Å²) in [4.78, 5) is 0. The molecule has 1 N–H and O–H groups in total. The summed E-state index contributed by atoms with van der Waals surface area (Å²) in [5.41, 5.74) is 1.21. The third kappa shape index (κ3) is 5.97. The fourth-order valence-electron chi connectivity index (χ4n) is 1.61. The summed E-state index contributed by atoms with van der Waals surface area (Å²) in [7, 11) is 1.94. The second kappa shape index (κ2) is 8.05. The van der Waals surface area contributed by atoms with Gasteiger partial charge in [0.05, 0.1) is 13.2 Å². The number of rotatable bonds is 8. The summed E-state index contributed by atoms with van der Waals surface area (Å²) in [6.45, 7) is 10.8. The van der Waals surface area contributed by atoms with Crippen LogP contribution < -0.4 is 14.8 Å². The first kappa shape index (κ1) is 15.8. The summed E-state index contributed by atoms with van der Waals surface area (Å²) in [5.74, 6) is 2.71. The first-order chi connectivity index (χ1) is 9.02. The topological polar surface area (TPSA) is 30.5 Å². The predicted molar refractivity (Wildman–Crippen MR) is 79.9 cm³/mol. The number of benzene rings is 1. The number of hydrogen-bond donors (Lipinski definition) is 1. The third-order valence-electron chi connectivity index (χ3n) is 2.53. The van der Waals surface area contributed by atoms with Crippen LogP contribution in [0.25, 0.3) is 0 Å². The van der Waals surface area contributed by atoms with E-state index in [0.717, 1.165) is 18.0 Å². The smallest absolute Gasteiger partial charge is 0.161 e. The minimum atomic E-state index is 0.505. The summed E-state index contributed by atoms with van der Waals surface area (Å²) in [6.07, 6.45) is 0. The van der Waals surface area contributed by atoms with Crippen LogP contribution in [0.1, 0.15) is 33.3 Å². The second-order valence-corrected chi connectivity index (χ2v) is 5.72. The van der Waals surface area contributed by atoms with Gasteiger partial charge in [0, 0.05) is 6.54 Å². The van der Waals surface area contributed by atoms with E-state index in [1.165, 1.54) is 5.56 Å². The van der Waals surface area contributed by atoms with Gasteiger partial charge in [-0.05, 0) is 36.6 Å². The van der Waals surface area contributed by atoms with E-state index >= 15 is 0 Å². The first-order valence-corrected chi connectivity index (χ1v) is 7.06. The van der Waals surface area contributed by atoms with Crippen molar-refractivity contribution in [3.8, 4) is 11.5 Å². The molecule has 0 aliphatic carbocycles. The number of nitrogens with one attached hydrogen (secondary N) is 1. The standard InChI is InChI=1S/C16H27NO2/c1-12(2)10-18-15-7-6-14(9-17-5)8-16(15)19-11-13(3)4/h6-8,12-13,17H,9-11H2,1-5H3. The van der Waals surface area contributed by atoms with Gasteiger partial charge in [0.25, 0.3) is 0 Å². The van der Waals surface area contributed by atoms with E-state index in [1.807, 2.05) is 13.1 Å². The molecule has 1 rings (SSSR count). The number of hydrogen-bond acceptors (Lipinski definition) is 3. The Balaban J connectivity index is 2.80. The molecule has 0 atom stereocenters. The van der Waals surface area contributed by atoms with Gasteiger partial charge in [-0.25, -0.2) is 0 Å². The van der Waals surface area contributed by atoms with Gasteiger partial charge in [-0.15, -0.1) is 0 Å². The quantitative estimate of drug-likeness (QED) is 0.780. The highest BCUT2D eigenvalue weighted by Crippen LogP contribution is 2.29. The molecule has 0 unspecified atom stereocenters. The van der Waals surface area contributed by atoms with E-state index in [2.05, 4.69) is 45.1 Å². The molecule has 0 heterocycles. The fraction of sp³-hybridized carbons (Fsp3) is 0.625. The molecule has 0 aliphatic rings. The maximum atomic E-state index is 5.87. The van der Waals surface area contributed by atoms with E-state index < -0.39 is 0 Å². The van der Waals surface area contributed by atoms with Crippen molar-refractivity contribution in [2.24, 2.45) is 11.8 Å². The van der Waals surface area contributed by atoms with Gasteiger partial charge in [-0.3, -0.25) is 0 Å². The Labute approximate surface area is 117 Å². The van der Waals surface area contributed by atoms with E-state index in [4.69, 9.17) is 9.47 Å². The average Bonchev–Trinajstić information content (AvgIpc) is 2.35. The zero-order valence-corrected chi connectivity index (χ0v) is 12.8. The molecule has 0 fully saturated rings. The largest absolute Gasteiger partial charge is 0.489 e. The molecule has 1 aromatic carbocycles. The van der Waals surface area contributed by atoms with Crippen LogP contribution in [0.3, 0.4) is 0 Å². The Morgan fingerprint density at radius 1 is 0.947 bits per heavy atom. The lowest BCUT2D eigenvalue weighted by atomic mass is 10.2. The molecule has 108 valence electrons. The molecule has 0 saturated heterocycles. The highest BCUT2D eigenvalue weighted by Gasteiger charge is 2.08. The van der Waals surface area contributed by atoms with E-state index in [-0.39, 0.29) is 0 Å². The lowest BCUT2D eigenvalue weighted by molar-refractivity contribution is 0.229. The zero-order valence-electron chi connectivity index (χ0n) is 12.8. The Morgan fingerprint density at radius 2 is 1.53 bits per heavy atom. The number of ether oxygens (including phenoxy) is 2. The Kier molecular flexibility index (Phi) is 6.71. The van der Waals surface area contributed by atoms with Crippen molar-refractivity contribution in [1.82, 2.24) is 5.32 Å². The summed E-state index contributed by atoms with van der Waals surface area (Å²) in [5, 5.41) is 3.15. The summed E-state index contributed by atoms with van der Waals surface area (Å²) >= 11 is 0. The van der Waals surface area contributed by atoms with Crippen molar-refractivity contribution in [3.63, 3.8) is 0 Å². The van der Waals surface area contributed by atoms with Gasteiger partial charge in [0.1, 0.15) is 0 Å². The van der Waals surface area contributed by atoms with Crippen molar-refractivity contribution in [2.75, 3.05) is 20.3 Å². The Morgan fingerprint density at radius 3 is 2.05 bits per heavy atom. The Hall–Kier alpha value is -1.22. The van der Waals surface area contributed by atoms with Crippen LogP contribution in [-0.4, -0.2) is 20.3 Å². The molecule has 0 bridgehead atoms. The van der Waals surface area contributed by atoms with Crippen LogP contribution in [0.2, 0.25) is 0 Å². The van der Waals surface area contributed by atoms with Crippen LogP contribution >= 0.6 is 0 Å². The highest BCUT2D eigenvalue weighted by molar-refractivity contribution is 5.43. The molecule has 0 saturated carbocycles. The van der Waals surface area contributed by atoms with Crippen LogP contribution in [0, 0.1) is 11.8 Å². The van der Waals surface area contributed by atoms with Crippen molar-refractivity contribution < 1.29 is 9.47 Å². The van der Waals surface area contributed by atoms with Crippen molar-refractivity contribution in [3.05, 3.63) is 23.8 Å². The zero-order chi connectivity index (χ0) is 14.3. The summed E-state index contributed by atoms with van der Waals surface area (Å²) < 4.78 is 11.7.